The van der Waals surface area contributed by atoms with E-state index in [0.29, 0.717) is 5.92 Å². The maximum absolute atomic E-state index is 9.16. The molecule has 1 atom stereocenters. The van der Waals surface area contributed by atoms with Crippen molar-refractivity contribution < 1.29 is 0 Å². The van der Waals surface area contributed by atoms with Crippen LogP contribution in [-0.2, 0) is 0 Å². The summed E-state index contributed by atoms with van der Waals surface area (Å²) in [5.74, 6) is 0.714. The van der Waals surface area contributed by atoms with Gasteiger partial charge >= 0.3 is 0 Å². The van der Waals surface area contributed by atoms with Crippen LogP contribution in [0.1, 0.15) is 47.5 Å². The summed E-state index contributed by atoms with van der Waals surface area (Å²) in [7, 11) is 0. The maximum Gasteiger partial charge on any atom is 0.103 e. The minimum absolute atomic E-state index is 0.355. The molecular weight excluding hydrogens is 210 g/mol. The molecule has 0 heterocycles. The fourth-order valence-electron chi connectivity index (χ4n) is 2.13. The average Bonchev–Trinajstić information content (AvgIpc) is 2.27. The van der Waals surface area contributed by atoms with Crippen LogP contribution >= 0.6 is 0 Å². The van der Waals surface area contributed by atoms with Gasteiger partial charge < -0.3 is 4.90 Å². The van der Waals surface area contributed by atoms with E-state index in [1.54, 1.807) is 0 Å². The summed E-state index contributed by atoms with van der Waals surface area (Å²) in [4.78, 5) is 2.47. The van der Waals surface area contributed by atoms with Gasteiger partial charge in [-0.3, -0.25) is 5.32 Å². The fraction of sp³-hybridized carbons (Fsp3) is 0.929. The molecule has 0 saturated heterocycles. The van der Waals surface area contributed by atoms with Gasteiger partial charge in [-0.2, -0.15) is 5.26 Å². The summed E-state index contributed by atoms with van der Waals surface area (Å²) in [6.07, 6.45) is 2.00. The van der Waals surface area contributed by atoms with Crippen LogP contribution in [0, 0.1) is 17.2 Å². The van der Waals surface area contributed by atoms with Crippen molar-refractivity contribution in [2.45, 2.75) is 53.0 Å². The first-order valence-electron chi connectivity index (χ1n) is 6.86. The van der Waals surface area contributed by atoms with E-state index in [0.717, 1.165) is 39.0 Å². The zero-order valence-electron chi connectivity index (χ0n) is 12.2. The molecule has 0 amide bonds. The van der Waals surface area contributed by atoms with Crippen molar-refractivity contribution in [2.24, 2.45) is 5.92 Å². The van der Waals surface area contributed by atoms with Gasteiger partial charge in [0.15, 0.2) is 0 Å². The number of nitriles is 1. The van der Waals surface area contributed by atoms with E-state index >= 15 is 0 Å². The van der Waals surface area contributed by atoms with Crippen molar-refractivity contribution in [3.05, 3.63) is 0 Å². The lowest BCUT2D eigenvalue weighted by atomic mass is 9.97. The van der Waals surface area contributed by atoms with Crippen LogP contribution in [0.15, 0.2) is 0 Å². The van der Waals surface area contributed by atoms with Gasteiger partial charge in [0.05, 0.1) is 6.07 Å². The average molecular weight is 239 g/mol. The smallest absolute Gasteiger partial charge is 0.103 e. The molecule has 0 saturated carbocycles. The third-order valence-corrected chi connectivity index (χ3v) is 3.04. The summed E-state index contributed by atoms with van der Waals surface area (Å²) < 4.78 is 0. The van der Waals surface area contributed by atoms with E-state index in [2.05, 4.69) is 37.1 Å². The van der Waals surface area contributed by atoms with Gasteiger partial charge in [0.25, 0.3) is 0 Å². The predicted molar refractivity (Wildman–Crippen MR) is 73.9 cm³/mol. The van der Waals surface area contributed by atoms with E-state index in [1.165, 1.54) is 0 Å². The molecule has 0 aliphatic carbocycles. The summed E-state index contributed by atoms with van der Waals surface area (Å²) in [5.41, 5.74) is -0.355. The number of nitrogens with one attached hydrogen (secondary N) is 1. The van der Waals surface area contributed by atoms with E-state index in [9.17, 15) is 0 Å². The summed E-state index contributed by atoms with van der Waals surface area (Å²) in [6, 6.07) is 2.38. The fourth-order valence-corrected chi connectivity index (χ4v) is 2.13. The van der Waals surface area contributed by atoms with Gasteiger partial charge in [0.2, 0.25) is 0 Å². The van der Waals surface area contributed by atoms with E-state index in [-0.39, 0.29) is 5.54 Å². The van der Waals surface area contributed by atoms with Gasteiger partial charge in [-0.25, -0.2) is 0 Å². The second-order valence-corrected chi connectivity index (χ2v) is 5.36. The summed E-state index contributed by atoms with van der Waals surface area (Å²) >= 11 is 0. The molecule has 0 radical (unpaired) electrons. The highest BCUT2D eigenvalue weighted by atomic mass is 15.1. The molecule has 0 fully saturated rings. The molecule has 0 aromatic carbocycles. The second kappa shape index (κ2) is 8.49. The van der Waals surface area contributed by atoms with Crippen molar-refractivity contribution in [3.8, 4) is 6.07 Å². The molecule has 17 heavy (non-hydrogen) atoms. The summed E-state index contributed by atoms with van der Waals surface area (Å²) in [5, 5.41) is 12.4. The Kier molecular flexibility index (Phi) is 8.20. The number of hydrogen-bond donors (Lipinski definition) is 1. The van der Waals surface area contributed by atoms with Gasteiger partial charge in [0.1, 0.15) is 5.54 Å². The molecule has 1 N–H and O–H groups in total. The molecule has 0 aromatic heterocycles. The zero-order chi connectivity index (χ0) is 13.3. The van der Waals surface area contributed by atoms with E-state index in [4.69, 9.17) is 5.26 Å². The first-order chi connectivity index (χ1) is 7.97. The monoisotopic (exact) mass is 239 g/mol. The molecule has 3 heteroatoms. The number of rotatable bonds is 9. The third kappa shape index (κ3) is 7.36. The van der Waals surface area contributed by atoms with Crippen molar-refractivity contribution in [3.63, 3.8) is 0 Å². The molecule has 0 aliphatic heterocycles. The van der Waals surface area contributed by atoms with Gasteiger partial charge in [0, 0.05) is 6.54 Å². The molecular formula is C14H29N3. The SMILES string of the molecule is CCNC(C)(C#N)CCCN(CC)CC(C)C. The Balaban J connectivity index is 3.98. The van der Waals surface area contributed by atoms with Crippen LogP contribution in [0.2, 0.25) is 0 Å². The van der Waals surface area contributed by atoms with Gasteiger partial charge in [-0.15, -0.1) is 0 Å². The Labute approximate surface area is 107 Å². The highest BCUT2D eigenvalue weighted by molar-refractivity contribution is 5.03. The second-order valence-electron chi connectivity index (χ2n) is 5.36. The van der Waals surface area contributed by atoms with E-state index < -0.39 is 0 Å². The van der Waals surface area contributed by atoms with Crippen molar-refractivity contribution >= 4 is 0 Å². The van der Waals surface area contributed by atoms with Crippen LogP contribution in [0.3, 0.4) is 0 Å². The number of nitrogens with zero attached hydrogens (tertiary/aromatic N) is 2. The number of hydrogen-bond acceptors (Lipinski definition) is 3. The van der Waals surface area contributed by atoms with Crippen LogP contribution < -0.4 is 5.32 Å². The topological polar surface area (TPSA) is 39.1 Å². The largest absolute Gasteiger partial charge is 0.303 e. The maximum atomic E-state index is 9.16. The Morgan fingerprint density at radius 1 is 1.35 bits per heavy atom. The zero-order valence-corrected chi connectivity index (χ0v) is 12.2. The molecule has 0 bridgehead atoms. The highest BCUT2D eigenvalue weighted by Crippen LogP contribution is 2.12. The highest BCUT2D eigenvalue weighted by Gasteiger charge is 2.21. The van der Waals surface area contributed by atoms with Crippen LogP contribution in [0.25, 0.3) is 0 Å². The van der Waals surface area contributed by atoms with Crippen molar-refractivity contribution in [1.82, 2.24) is 10.2 Å². The van der Waals surface area contributed by atoms with Crippen LogP contribution in [0.5, 0.6) is 0 Å². The minimum Gasteiger partial charge on any atom is -0.303 e. The quantitative estimate of drug-likeness (QED) is 0.672. The first kappa shape index (κ1) is 16.4. The molecule has 3 nitrogen and oxygen atoms in total. The van der Waals surface area contributed by atoms with Crippen molar-refractivity contribution in [1.29, 1.82) is 5.26 Å². The lowest BCUT2D eigenvalue weighted by molar-refractivity contribution is 0.243. The molecule has 0 aromatic rings. The molecule has 0 spiro atoms. The molecule has 1 unspecified atom stereocenters. The van der Waals surface area contributed by atoms with Crippen LogP contribution in [-0.4, -0.2) is 36.6 Å². The molecule has 0 rings (SSSR count). The summed E-state index contributed by atoms with van der Waals surface area (Å²) in [6.45, 7) is 15.0. The lowest BCUT2D eigenvalue weighted by Crippen LogP contribution is -2.41. The lowest BCUT2D eigenvalue weighted by Gasteiger charge is -2.26. The third-order valence-electron chi connectivity index (χ3n) is 3.04. The normalized spacial score (nSPS) is 14.9. The Hall–Kier alpha value is -0.590. The standard InChI is InChI=1S/C14H29N3/c1-6-16-14(5,12-15)9-8-10-17(7-2)11-13(3)4/h13,16H,6-11H2,1-5H3. The minimum atomic E-state index is -0.355. The Morgan fingerprint density at radius 3 is 2.41 bits per heavy atom. The Morgan fingerprint density at radius 2 is 2.00 bits per heavy atom. The first-order valence-corrected chi connectivity index (χ1v) is 6.86. The molecule has 100 valence electrons. The van der Waals surface area contributed by atoms with Crippen LogP contribution in [0.4, 0.5) is 0 Å². The predicted octanol–water partition coefficient (Wildman–Crippen LogP) is 2.64. The Bertz CT molecular complexity index is 232. The van der Waals surface area contributed by atoms with Crippen molar-refractivity contribution in [2.75, 3.05) is 26.2 Å². The van der Waals surface area contributed by atoms with Gasteiger partial charge in [-0.05, 0) is 45.3 Å². The molecule has 0 aliphatic rings. The van der Waals surface area contributed by atoms with Gasteiger partial charge in [-0.1, -0.05) is 27.7 Å². The van der Waals surface area contributed by atoms with E-state index in [1.807, 2.05) is 13.8 Å².